The SMILES string of the molecule is CNS(=O)(=O)c1cc(S(=O)(=O)NC)c2nc(-c3ccccc3)oc(=O)c2c1S(=O)(=O)NC. The molecule has 0 radical (unpaired) electrons. The molecule has 0 aliphatic rings. The topological polar surface area (TPSA) is 182 Å². The van der Waals surface area contributed by atoms with Gasteiger partial charge in [-0.1, -0.05) is 18.2 Å². The van der Waals surface area contributed by atoms with E-state index in [-0.39, 0.29) is 5.89 Å². The average molecular weight is 503 g/mol. The first-order valence-corrected chi connectivity index (χ1v) is 13.2. The van der Waals surface area contributed by atoms with Gasteiger partial charge in [0, 0.05) is 5.56 Å². The highest BCUT2D eigenvalue weighted by Gasteiger charge is 2.34. The quantitative estimate of drug-likeness (QED) is 0.386. The molecule has 0 spiro atoms. The van der Waals surface area contributed by atoms with Gasteiger partial charge in [0.05, 0.1) is 0 Å². The van der Waals surface area contributed by atoms with Crippen molar-refractivity contribution in [2.24, 2.45) is 0 Å². The monoisotopic (exact) mass is 502 g/mol. The summed E-state index contributed by atoms with van der Waals surface area (Å²) in [6.45, 7) is 0. The fourth-order valence-electron chi connectivity index (χ4n) is 2.87. The van der Waals surface area contributed by atoms with Crippen molar-refractivity contribution < 1.29 is 29.7 Å². The molecular weight excluding hydrogens is 484 g/mol. The Bertz CT molecular complexity index is 1580. The van der Waals surface area contributed by atoms with Crippen LogP contribution in [-0.4, -0.2) is 51.4 Å². The Balaban J connectivity index is 2.70. The summed E-state index contributed by atoms with van der Waals surface area (Å²) in [6.07, 6.45) is 0. The predicted octanol–water partition coefficient (Wildman–Crippen LogP) is -0.421. The zero-order valence-corrected chi connectivity index (χ0v) is 19.4. The Morgan fingerprint density at radius 1 is 0.781 bits per heavy atom. The number of fused-ring (bicyclic) bond motifs is 1. The van der Waals surface area contributed by atoms with Gasteiger partial charge in [-0.05, 0) is 39.3 Å². The summed E-state index contributed by atoms with van der Waals surface area (Å²) in [5, 5.41) is -0.829. The number of aromatic nitrogens is 1. The van der Waals surface area contributed by atoms with Gasteiger partial charge in [0.25, 0.3) is 0 Å². The van der Waals surface area contributed by atoms with E-state index < -0.39 is 61.3 Å². The zero-order valence-electron chi connectivity index (χ0n) is 16.9. The summed E-state index contributed by atoms with van der Waals surface area (Å²) in [5.74, 6) is -0.285. The van der Waals surface area contributed by atoms with Crippen molar-refractivity contribution in [2.75, 3.05) is 21.1 Å². The molecule has 32 heavy (non-hydrogen) atoms. The van der Waals surface area contributed by atoms with E-state index in [4.69, 9.17) is 4.42 Å². The number of hydrogen-bond donors (Lipinski definition) is 3. The van der Waals surface area contributed by atoms with E-state index in [9.17, 15) is 30.0 Å². The van der Waals surface area contributed by atoms with Gasteiger partial charge in [0.1, 0.15) is 25.6 Å². The van der Waals surface area contributed by atoms with Gasteiger partial charge >= 0.3 is 5.63 Å². The van der Waals surface area contributed by atoms with Crippen molar-refractivity contribution in [3.8, 4) is 11.5 Å². The third-order valence-corrected chi connectivity index (χ3v) is 8.96. The summed E-state index contributed by atoms with van der Waals surface area (Å²) >= 11 is 0. The fourth-order valence-corrected chi connectivity index (χ4v) is 6.31. The van der Waals surface area contributed by atoms with Crippen molar-refractivity contribution in [1.82, 2.24) is 19.2 Å². The van der Waals surface area contributed by atoms with E-state index >= 15 is 0 Å². The molecule has 0 saturated carbocycles. The van der Waals surface area contributed by atoms with Gasteiger partial charge in [-0.25, -0.2) is 49.2 Å². The Hall–Kier alpha value is -2.69. The van der Waals surface area contributed by atoms with Crippen molar-refractivity contribution >= 4 is 41.0 Å². The van der Waals surface area contributed by atoms with Crippen LogP contribution in [0.15, 0.2) is 60.3 Å². The number of nitrogens with one attached hydrogen (secondary N) is 3. The molecule has 0 saturated heterocycles. The zero-order chi connectivity index (χ0) is 23.9. The van der Waals surface area contributed by atoms with Gasteiger partial charge < -0.3 is 4.42 Å². The van der Waals surface area contributed by atoms with Crippen LogP contribution in [0.3, 0.4) is 0 Å². The molecule has 1 aromatic heterocycles. The lowest BCUT2D eigenvalue weighted by Gasteiger charge is -2.15. The van der Waals surface area contributed by atoms with Crippen LogP contribution in [0.5, 0.6) is 0 Å². The molecule has 3 aromatic rings. The molecule has 12 nitrogen and oxygen atoms in total. The summed E-state index contributed by atoms with van der Waals surface area (Å²) < 4.78 is 87.2. The first-order valence-electron chi connectivity index (χ1n) is 8.77. The number of hydrogen-bond acceptors (Lipinski definition) is 9. The second kappa shape index (κ2) is 8.34. The third-order valence-electron chi connectivity index (χ3n) is 4.46. The summed E-state index contributed by atoms with van der Waals surface area (Å²) in [6, 6.07) is 8.62. The van der Waals surface area contributed by atoms with Crippen LogP contribution in [0.2, 0.25) is 0 Å². The Labute approximate surface area is 183 Å². The van der Waals surface area contributed by atoms with Crippen LogP contribution in [0, 0.1) is 0 Å². The maximum Gasteiger partial charge on any atom is 0.348 e. The molecule has 15 heteroatoms. The Morgan fingerprint density at radius 2 is 1.31 bits per heavy atom. The highest BCUT2D eigenvalue weighted by atomic mass is 32.2. The molecular formula is C17H18N4O8S3. The van der Waals surface area contributed by atoms with Crippen LogP contribution in [-0.2, 0) is 30.1 Å². The first kappa shape index (κ1) is 24.0. The Morgan fingerprint density at radius 3 is 1.84 bits per heavy atom. The molecule has 0 amide bonds. The lowest BCUT2D eigenvalue weighted by molar-refractivity contribution is 0.515. The molecule has 0 aliphatic carbocycles. The molecule has 0 unspecified atom stereocenters. The normalized spacial score (nSPS) is 12.8. The lowest BCUT2D eigenvalue weighted by atomic mass is 10.2. The molecule has 3 N–H and O–H groups in total. The minimum absolute atomic E-state index is 0.285. The second-order valence-corrected chi connectivity index (χ2v) is 11.8. The largest absolute Gasteiger partial charge is 0.403 e. The highest BCUT2D eigenvalue weighted by Crippen LogP contribution is 2.33. The van der Waals surface area contributed by atoms with Crippen LogP contribution in [0.4, 0.5) is 0 Å². The summed E-state index contributed by atoms with van der Waals surface area (Å²) in [7, 11) is -10.5. The van der Waals surface area contributed by atoms with E-state index in [0.29, 0.717) is 11.6 Å². The number of rotatable bonds is 7. The van der Waals surface area contributed by atoms with E-state index in [1.165, 1.54) is 12.1 Å². The van der Waals surface area contributed by atoms with Crippen molar-refractivity contribution in [1.29, 1.82) is 0 Å². The van der Waals surface area contributed by atoms with Crippen LogP contribution in [0.25, 0.3) is 22.4 Å². The molecule has 2 aromatic carbocycles. The summed E-state index contributed by atoms with van der Waals surface area (Å²) in [4.78, 5) is 14.4. The fraction of sp³-hybridized carbons (Fsp3) is 0.176. The number of sulfonamides is 3. The lowest BCUT2D eigenvalue weighted by Crippen LogP contribution is -2.29. The minimum Gasteiger partial charge on any atom is -0.403 e. The molecule has 0 atom stereocenters. The highest BCUT2D eigenvalue weighted by molar-refractivity contribution is 7.93. The van der Waals surface area contributed by atoms with Crippen molar-refractivity contribution in [3.05, 3.63) is 46.8 Å². The number of benzene rings is 2. The number of nitrogens with zero attached hydrogens (tertiary/aromatic N) is 1. The van der Waals surface area contributed by atoms with Crippen LogP contribution < -0.4 is 19.8 Å². The first-order chi connectivity index (χ1) is 14.9. The van der Waals surface area contributed by atoms with Crippen LogP contribution >= 0.6 is 0 Å². The minimum atomic E-state index is -4.60. The predicted molar refractivity (Wildman–Crippen MR) is 114 cm³/mol. The Kier molecular flexibility index (Phi) is 6.25. The van der Waals surface area contributed by atoms with Gasteiger partial charge in [-0.2, -0.15) is 0 Å². The van der Waals surface area contributed by atoms with Crippen molar-refractivity contribution in [3.63, 3.8) is 0 Å². The second-order valence-electron chi connectivity index (χ2n) is 6.22. The summed E-state index contributed by atoms with van der Waals surface area (Å²) in [5.41, 5.74) is -1.55. The molecule has 0 aliphatic heterocycles. The standard InChI is InChI=1S/C17H18N4O8S3/c1-18-30(23,24)11-9-12(31(25,26)19-2)15(32(27,28)20-3)13-14(11)21-16(29-17(13)22)10-7-5-4-6-8-10/h4-9,18-20H,1-3H3. The van der Waals surface area contributed by atoms with Crippen LogP contribution in [0.1, 0.15) is 0 Å². The van der Waals surface area contributed by atoms with E-state index in [0.717, 1.165) is 21.1 Å². The van der Waals surface area contributed by atoms with Gasteiger partial charge in [0.15, 0.2) is 0 Å². The molecule has 0 fully saturated rings. The van der Waals surface area contributed by atoms with E-state index in [1.807, 2.05) is 14.2 Å². The van der Waals surface area contributed by atoms with E-state index in [2.05, 4.69) is 4.98 Å². The molecule has 172 valence electrons. The van der Waals surface area contributed by atoms with Crippen molar-refractivity contribution in [2.45, 2.75) is 14.7 Å². The van der Waals surface area contributed by atoms with Gasteiger partial charge in [-0.15, -0.1) is 0 Å². The maximum absolute atomic E-state index is 13.0. The van der Waals surface area contributed by atoms with Gasteiger partial charge in [-0.3, -0.25) is 0 Å². The third kappa shape index (κ3) is 4.05. The van der Waals surface area contributed by atoms with E-state index in [1.54, 1.807) is 18.2 Å². The maximum atomic E-state index is 13.0. The molecule has 0 bridgehead atoms. The molecule has 1 heterocycles. The average Bonchev–Trinajstić information content (AvgIpc) is 2.78. The van der Waals surface area contributed by atoms with Gasteiger partial charge in [0.2, 0.25) is 36.0 Å². The molecule has 3 rings (SSSR count). The smallest absolute Gasteiger partial charge is 0.348 e.